The van der Waals surface area contributed by atoms with E-state index in [1.165, 1.54) is 11.8 Å². The molecule has 3 aromatic carbocycles. The van der Waals surface area contributed by atoms with E-state index in [1.807, 2.05) is 72.2 Å². The molecule has 0 spiro atoms. The maximum Gasteiger partial charge on any atom is 0.237 e. The molecule has 1 aromatic heterocycles. The highest BCUT2D eigenvalue weighted by molar-refractivity contribution is 8.00. The van der Waals surface area contributed by atoms with Gasteiger partial charge >= 0.3 is 0 Å². The van der Waals surface area contributed by atoms with Crippen LogP contribution in [0.5, 0.6) is 0 Å². The van der Waals surface area contributed by atoms with Gasteiger partial charge in [-0.1, -0.05) is 78.8 Å². The van der Waals surface area contributed by atoms with E-state index >= 15 is 0 Å². The Morgan fingerprint density at radius 3 is 2.26 bits per heavy atom. The summed E-state index contributed by atoms with van der Waals surface area (Å²) in [6.07, 6.45) is 0.645. The average Bonchev–Trinajstić information content (AvgIpc) is 3.23. The number of halogens is 1. The number of aromatic nitrogens is 3. The van der Waals surface area contributed by atoms with Crippen LogP contribution >= 0.6 is 23.4 Å². The Morgan fingerprint density at radius 1 is 0.968 bits per heavy atom. The van der Waals surface area contributed by atoms with Crippen molar-refractivity contribution in [1.29, 1.82) is 0 Å². The molecular weight excluding hydrogens is 428 g/mol. The second-order valence-electron chi connectivity index (χ2n) is 6.85. The molecule has 0 aliphatic rings. The standard InChI is InChI=1S/C24H21ClN4OS/c1-2-21(23(30)26-19-15-13-18(25)14-16-19)31-24-28-27-22(17-9-5-3-6-10-17)29(24)20-11-7-4-8-12-20/h3-16,21H,2H2,1H3,(H,26,30)/t21-/m1/s1. The summed E-state index contributed by atoms with van der Waals surface area (Å²) in [4.78, 5) is 12.9. The number of hydrogen-bond donors (Lipinski definition) is 1. The van der Waals surface area contributed by atoms with E-state index in [4.69, 9.17) is 11.6 Å². The fourth-order valence-electron chi connectivity index (χ4n) is 3.14. The third-order valence-corrected chi connectivity index (χ3v) is 6.26. The van der Waals surface area contributed by atoms with Gasteiger partial charge < -0.3 is 5.32 Å². The maximum absolute atomic E-state index is 12.9. The Morgan fingerprint density at radius 2 is 1.61 bits per heavy atom. The molecule has 4 aromatic rings. The lowest BCUT2D eigenvalue weighted by atomic mass is 10.2. The summed E-state index contributed by atoms with van der Waals surface area (Å²) in [6.45, 7) is 1.99. The van der Waals surface area contributed by atoms with Crippen molar-refractivity contribution in [3.05, 3.63) is 90.0 Å². The number of nitrogens with zero attached hydrogens (tertiary/aromatic N) is 3. The number of amides is 1. The van der Waals surface area contributed by atoms with Gasteiger partial charge in [-0.25, -0.2) is 0 Å². The van der Waals surface area contributed by atoms with Gasteiger partial charge in [0.15, 0.2) is 11.0 Å². The fraction of sp³-hybridized carbons (Fsp3) is 0.125. The van der Waals surface area contributed by atoms with Crippen LogP contribution in [-0.4, -0.2) is 25.9 Å². The van der Waals surface area contributed by atoms with Crippen molar-refractivity contribution in [2.75, 3.05) is 5.32 Å². The van der Waals surface area contributed by atoms with Gasteiger partial charge in [0, 0.05) is 22.0 Å². The molecule has 4 rings (SSSR count). The van der Waals surface area contributed by atoms with Gasteiger partial charge in [-0.05, 0) is 42.8 Å². The number of carbonyl (C=O) groups is 1. The van der Waals surface area contributed by atoms with Crippen molar-refractivity contribution in [1.82, 2.24) is 14.8 Å². The number of thioether (sulfide) groups is 1. The van der Waals surface area contributed by atoms with Crippen LogP contribution in [-0.2, 0) is 4.79 Å². The first-order valence-electron chi connectivity index (χ1n) is 9.95. The van der Waals surface area contributed by atoms with Gasteiger partial charge in [0.1, 0.15) is 0 Å². The molecule has 0 saturated heterocycles. The average molecular weight is 449 g/mol. The Kier molecular flexibility index (Phi) is 6.70. The Labute approximate surface area is 190 Å². The number of carbonyl (C=O) groups excluding carboxylic acids is 1. The van der Waals surface area contributed by atoms with E-state index in [0.29, 0.717) is 22.3 Å². The minimum Gasteiger partial charge on any atom is -0.325 e. The Balaban J connectivity index is 1.64. The SMILES string of the molecule is CC[C@@H](Sc1nnc(-c2ccccc2)n1-c1ccccc1)C(=O)Nc1ccc(Cl)cc1. The van der Waals surface area contributed by atoms with Crippen molar-refractivity contribution in [3.63, 3.8) is 0 Å². The van der Waals surface area contributed by atoms with Gasteiger partial charge in [-0.2, -0.15) is 0 Å². The normalized spacial score (nSPS) is 11.8. The molecule has 0 fully saturated rings. The van der Waals surface area contributed by atoms with Gasteiger partial charge in [-0.3, -0.25) is 9.36 Å². The van der Waals surface area contributed by atoms with E-state index in [0.717, 1.165) is 17.1 Å². The zero-order valence-electron chi connectivity index (χ0n) is 16.9. The zero-order chi connectivity index (χ0) is 21.6. The lowest BCUT2D eigenvalue weighted by Gasteiger charge is -2.16. The monoisotopic (exact) mass is 448 g/mol. The highest BCUT2D eigenvalue weighted by atomic mass is 35.5. The predicted octanol–water partition coefficient (Wildman–Crippen LogP) is 6.10. The fourth-order valence-corrected chi connectivity index (χ4v) is 4.23. The maximum atomic E-state index is 12.9. The molecule has 0 bridgehead atoms. The van der Waals surface area contributed by atoms with Crippen LogP contribution in [0.2, 0.25) is 5.02 Å². The van der Waals surface area contributed by atoms with E-state index in [1.54, 1.807) is 24.3 Å². The van der Waals surface area contributed by atoms with E-state index in [2.05, 4.69) is 15.5 Å². The second kappa shape index (κ2) is 9.81. The molecule has 0 aliphatic heterocycles. The Bertz CT molecular complexity index is 1150. The Hall–Kier alpha value is -3.09. The van der Waals surface area contributed by atoms with Crippen LogP contribution in [0.25, 0.3) is 17.1 Å². The molecule has 1 heterocycles. The molecule has 5 nitrogen and oxygen atoms in total. The highest BCUT2D eigenvalue weighted by Gasteiger charge is 2.24. The van der Waals surface area contributed by atoms with E-state index in [-0.39, 0.29) is 11.2 Å². The molecule has 31 heavy (non-hydrogen) atoms. The number of rotatable bonds is 7. The molecule has 156 valence electrons. The molecule has 1 amide bonds. The van der Waals surface area contributed by atoms with Gasteiger partial charge in [0.25, 0.3) is 0 Å². The number of nitrogens with one attached hydrogen (secondary N) is 1. The molecule has 1 atom stereocenters. The molecule has 7 heteroatoms. The third kappa shape index (κ3) is 4.98. The van der Waals surface area contributed by atoms with Gasteiger partial charge in [-0.15, -0.1) is 10.2 Å². The van der Waals surface area contributed by atoms with Gasteiger partial charge in [0.05, 0.1) is 5.25 Å². The van der Waals surface area contributed by atoms with Gasteiger partial charge in [0.2, 0.25) is 5.91 Å². The van der Waals surface area contributed by atoms with Crippen molar-refractivity contribution < 1.29 is 4.79 Å². The van der Waals surface area contributed by atoms with Crippen molar-refractivity contribution in [3.8, 4) is 17.1 Å². The van der Waals surface area contributed by atoms with Crippen molar-refractivity contribution in [2.45, 2.75) is 23.8 Å². The van der Waals surface area contributed by atoms with Crippen LogP contribution in [0.15, 0.2) is 90.1 Å². The first-order valence-corrected chi connectivity index (χ1v) is 11.2. The summed E-state index contributed by atoms with van der Waals surface area (Å²) < 4.78 is 2.00. The van der Waals surface area contributed by atoms with E-state index in [9.17, 15) is 4.79 Å². The largest absolute Gasteiger partial charge is 0.325 e. The lowest BCUT2D eigenvalue weighted by molar-refractivity contribution is -0.115. The number of hydrogen-bond acceptors (Lipinski definition) is 4. The molecule has 0 radical (unpaired) electrons. The molecule has 1 N–H and O–H groups in total. The van der Waals surface area contributed by atoms with Crippen LogP contribution in [0, 0.1) is 0 Å². The highest BCUT2D eigenvalue weighted by Crippen LogP contribution is 2.31. The van der Waals surface area contributed by atoms with Crippen LogP contribution in [0.3, 0.4) is 0 Å². The molecule has 0 unspecified atom stereocenters. The van der Waals surface area contributed by atoms with Crippen molar-refractivity contribution >= 4 is 35.0 Å². The molecular formula is C24H21ClN4OS. The summed E-state index contributed by atoms with van der Waals surface area (Å²) in [7, 11) is 0. The van der Waals surface area contributed by atoms with Crippen LogP contribution < -0.4 is 5.32 Å². The second-order valence-corrected chi connectivity index (χ2v) is 8.46. The minimum atomic E-state index is -0.328. The number of benzene rings is 3. The smallest absolute Gasteiger partial charge is 0.237 e. The summed E-state index contributed by atoms with van der Waals surface area (Å²) in [5.41, 5.74) is 2.62. The van der Waals surface area contributed by atoms with Crippen LogP contribution in [0.4, 0.5) is 5.69 Å². The number of anilines is 1. The molecule has 0 aliphatic carbocycles. The summed E-state index contributed by atoms with van der Waals surface area (Å²) in [5.74, 6) is 0.654. The first-order chi connectivity index (χ1) is 15.2. The van der Waals surface area contributed by atoms with E-state index < -0.39 is 0 Å². The first kappa shape index (κ1) is 21.2. The zero-order valence-corrected chi connectivity index (χ0v) is 18.5. The lowest BCUT2D eigenvalue weighted by Crippen LogP contribution is -2.25. The van der Waals surface area contributed by atoms with Crippen LogP contribution in [0.1, 0.15) is 13.3 Å². The summed E-state index contributed by atoms with van der Waals surface area (Å²) >= 11 is 7.35. The molecule has 0 saturated carbocycles. The quantitative estimate of drug-likeness (QED) is 0.347. The minimum absolute atomic E-state index is 0.0845. The topological polar surface area (TPSA) is 59.8 Å². The summed E-state index contributed by atoms with van der Waals surface area (Å²) in [5, 5.41) is 12.8. The van der Waals surface area contributed by atoms with Crippen molar-refractivity contribution in [2.24, 2.45) is 0 Å². The third-order valence-electron chi connectivity index (χ3n) is 4.70. The predicted molar refractivity (Wildman–Crippen MR) is 127 cm³/mol. The number of para-hydroxylation sites is 1. The summed E-state index contributed by atoms with van der Waals surface area (Å²) in [6, 6.07) is 26.9.